The summed E-state index contributed by atoms with van der Waals surface area (Å²) >= 11 is 0. The molecule has 5 heteroatoms. The molecule has 1 aliphatic heterocycles. The Morgan fingerprint density at radius 3 is 2.83 bits per heavy atom. The van der Waals surface area contributed by atoms with Crippen molar-refractivity contribution in [3.05, 3.63) is 66.5 Å². The number of carbonyl (C=O) groups excluding carboxylic acids is 2. The van der Waals surface area contributed by atoms with Gasteiger partial charge < -0.3 is 14.8 Å². The van der Waals surface area contributed by atoms with Crippen LogP contribution in [0.4, 0.5) is 5.69 Å². The molecule has 2 aromatic rings. The molecule has 1 aliphatic rings. The lowest BCUT2D eigenvalue weighted by Gasteiger charge is -2.35. The number of aromatic nitrogens is 1. The third-order valence-corrected chi connectivity index (χ3v) is 4.46. The standard InChI is InChI=1S/C19H21N3O2/c1-3-18(23)20-16-8-5-4-7-15(16)13-19(24)22-12-11-21-10-6-9-17(21)14(22)2/h3-10,14H,1,11-13H2,2H3,(H,20,23). The number of nitrogens with zero attached hydrogens (tertiary/aromatic N) is 2. The van der Waals surface area contributed by atoms with Crippen LogP contribution >= 0.6 is 0 Å². The molecule has 0 saturated carbocycles. The summed E-state index contributed by atoms with van der Waals surface area (Å²) < 4.78 is 2.19. The van der Waals surface area contributed by atoms with E-state index in [9.17, 15) is 9.59 Å². The minimum atomic E-state index is -0.279. The molecular weight excluding hydrogens is 302 g/mol. The van der Waals surface area contributed by atoms with Gasteiger partial charge in [-0.05, 0) is 36.8 Å². The van der Waals surface area contributed by atoms with Crippen molar-refractivity contribution in [3.63, 3.8) is 0 Å². The van der Waals surface area contributed by atoms with Crippen LogP contribution in [-0.4, -0.2) is 27.8 Å². The molecule has 0 aliphatic carbocycles. The first kappa shape index (κ1) is 16.1. The van der Waals surface area contributed by atoms with E-state index in [2.05, 4.69) is 22.5 Å². The number of nitrogens with one attached hydrogen (secondary N) is 1. The summed E-state index contributed by atoms with van der Waals surface area (Å²) in [6, 6.07) is 11.5. The van der Waals surface area contributed by atoms with Gasteiger partial charge in [0.25, 0.3) is 0 Å². The molecule has 5 nitrogen and oxygen atoms in total. The van der Waals surface area contributed by atoms with Gasteiger partial charge in [0.05, 0.1) is 12.5 Å². The number of hydrogen-bond donors (Lipinski definition) is 1. The monoisotopic (exact) mass is 323 g/mol. The van der Waals surface area contributed by atoms with Crippen LogP contribution in [-0.2, 0) is 22.6 Å². The Hall–Kier alpha value is -2.82. The molecule has 2 amide bonds. The maximum absolute atomic E-state index is 12.8. The van der Waals surface area contributed by atoms with Crippen molar-refractivity contribution >= 4 is 17.5 Å². The summed E-state index contributed by atoms with van der Waals surface area (Å²) in [6.07, 6.45) is 3.53. The topological polar surface area (TPSA) is 54.3 Å². The van der Waals surface area contributed by atoms with Crippen LogP contribution in [0.3, 0.4) is 0 Å². The highest BCUT2D eigenvalue weighted by atomic mass is 16.2. The van der Waals surface area contributed by atoms with Gasteiger partial charge in [-0.15, -0.1) is 0 Å². The second-order valence-electron chi connectivity index (χ2n) is 5.92. The van der Waals surface area contributed by atoms with E-state index in [-0.39, 0.29) is 24.3 Å². The van der Waals surface area contributed by atoms with Gasteiger partial charge in [0.15, 0.2) is 0 Å². The predicted molar refractivity (Wildman–Crippen MR) is 93.5 cm³/mol. The number of carbonyl (C=O) groups is 2. The SMILES string of the molecule is C=CC(=O)Nc1ccccc1CC(=O)N1CCn2cccc2C1C. The van der Waals surface area contributed by atoms with Crippen molar-refractivity contribution < 1.29 is 9.59 Å². The van der Waals surface area contributed by atoms with Gasteiger partial charge in [-0.25, -0.2) is 0 Å². The molecule has 2 heterocycles. The van der Waals surface area contributed by atoms with E-state index in [1.807, 2.05) is 42.3 Å². The number of rotatable bonds is 4. The smallest absolute Gasteiger partial charge is 0.247 e. The number of para-hydroxylation sites is 1. The Labute approximate surface area is 141 Å². The molecule has 3 rings (SSSR count). The summed E-state index contributed by atoms with van der Waals surface area (Å²) in [5, 5.41) is 2.76. The van der Waals surface area contributed by atoms with Crippen LogP contribution in [0.15, 0.2) is 55.3 Å². The van der Waals surface area contributed by atoms with Gasteiger partial charge in [0.2, 0.25) is 11.8 Å². The van der Waals surface area contributed by atoms with Gasteiger partial charge >= 0.3 is 0 Å². The van der Waals surface area contributed by atoms with E-state index >= 15 is 0 Å². The fourth-order valence-electron chi connectivity index (χ4n) is 3.16. The highest BCUT2D eigenvalue weighted by molar-refractivity contribution is 5.99. The van der Waals surface area contributed by atoms with Crippen molar-refractivity contribution in [2.75, 3.05) is 11.9 Å². The van der Waals surface area contributed by atoms with Crippen LogP contribution in [0, 0.1) is 0 Å². The normalized spacial score (nSPS) is 16.4. The number of fused-ring (bicyclic) bond motifs is 1. The Balaban J connectivity index is 1.76. The molecule has 24 heavy (non-hydrogen) atoms. The van der Waals surface area contributed by atoms with E-state index in [4.69, 9.17) is 0 Å². The van der Waals surface area contributed by atoms with E-state index in [0.29, 0.717) is 12.2 Å². The van der Waals surface area contributed by atoms with Crippen LogP contribution < -0.4 is 5.32 Å². The van der Waals surface area contributed by atoms with Crippen molar-refractivity contribution in [1.82, 2.24) is 9.47 Å². The average Bonchev–Trinajstić information content (AvgIpc) is 3.06. The molecule has 1 aromatic heterocycles. The lowest BCUT2D eigenvalue weighted by Crippen LogP contribution is -2.41. The lowest BCUT2D eigenvalue weighted by molar-refractivity contribution is -0.133. The Morgan fingerprint density at radius 1 is 1.25 bits per heavy atom. The molecular formula is C19H21N3O2. The van der Waals surface area contributed by atoms with E-state index < -0.39 is 0 Å². The molecule has 124 valence electrons. The average molecular weight is 323 g/mol. The molecule has 0 fully saturated rings. The van der Waals surface area contributed by atoms with Crippen molar-refractivity contribution in [1.29, 1.82) is 0 Å². The number of benzene rings is 1. The van der Waals surface area contributed by atoms with Crippen molar-refractivity contribution in [2.24, 2.45) is 0 Å². The largest absolute Gasteiger partial charge is 0.348 e. The second-order valence-corrected chi connectivity index (χ2v) is 5.92. The van der Waals surface area contributed by atoms with Gasteiger partial charge in [-0.1, -0.05) is 24.8 Å². The fraction of sp³-hybridized carbons (Fsp3) is 0.263. The molecule has 1 aromatic carbocycles. The van der Waals surface area contributed by atoms with E-state index in [1.54, 1.807) is 6.07 Å². The first-order chi connectivity index (χ1) is 11.6. The first-order valence-electron chi connectivity index (χ1n) is 8.06. The van der Waals surface area contributed by atoms with Crippen LogP contribution in [0.1, 0.15) is 24.2 Å². The zero-order valence-electron chi connectivity index (χ0n) is 13.7. The van der Waals surface area contributed by atoms with Crippen molar-refractivity contribution in [3.8, 4) is 0 Å². The summed E-state index contributed by atoms with van der Waals surface area (Å²) in [4.78, 5) is 26.3. The van der Waals surface area contributed by atoms with Crippen LogP contribution in [0.5, 0.6) is 0 Å². The Morgan fingerprint density at radius 2 is 2.04 bits per heavy atom. The summed E-state index contributed by atoms with van der Waals surface area (Å²) in [7, 11) is 0. The predicted octanol–water partition coefficient (Wildman–Crippen LogP) is 2.76. The third kappa shape index (κ3) is 3.11. The van der Waals surface area contributed by atoms with Gasteiger partial charge in [0.1, 0.15) is 0 Å². The zero-order chi connectivity index (χ0) is 17.1. The van der Waals surface area contributed by atoms with Crippen molar-refractivity contribution in [2.45, 2.75) is 25.9 Å². The molecule has 0 spiro atoms. The molecule has 1 N–H and O–H groups in total. The Kier molecular flexibility index (Phi) is 4.51. The molecule has 0 bridgehead atoms. The number of hydrogen-bond acceptors (Lipinski definition) is 2. The number of amides is 2. The third-order valence-electron chi connectivity index (χ3n) is 4.46. The fourth-order valence-corrected chi connectivity index (χ4v) is 3.16. The first-order valence-corrected chi connectivity index (χ1v) is 8.06. The summed E-state index contributed by atoms with van der Waals surface area (Å²) in [5.74, 6) is -0.214. The Bertz CT molecular complexity index is 778. The van der Waals surface area contributed by atoms with Crippen LogP contribution in [0.2, 0.25) is 0 Å². The molecule has 0 saturated heterocycles. The lowest BCUT2D eigenvalue weighted by atomic mass is 10.1. The number of anilines is 1. The minimum absolute atomic E-state index is 0.0520. The highest BCUT2D eigenvalue weighted by Crippen LogP contribution is 2.26. The maximum atomic E-state index is 12.8. The van der Waals surface area contributed by atoms with E-state index in [1.165, 1.54) is 6.08 Å². The molecule has 1 atom stereocenters. The molecule has 1 unspecified atom stereocenters. The van der Waals surface area contributed by atoms with Crippen LogP contribution in [0.25, 0.3) is 0 Å². The highest BCUT2D eigenvalue weighted by Gasteiger charge is 2.27. The van der Waals surface area contributed by atoms with Gasteiger partial charge in [0, 0.05) is 30.7 Å². The van der Waals surface area contributed by atoms with E-state index in [0.717, 1.165) is 17.8 Å². The minimum Gasteiger partial charge on any atom is -0.348 e. The quantitative estimate of drug-likeness (QED) is 0.880. The second kappa shape index (κ2) is 6.74. The maximum Gasteiger partial charge on any atom is 0.247 e. The van der Waals surface area contributed by atoms with Gasteiger partial charge in [-0.2, -0.15) is 0 Å². The van der Waals surface area contributed by atoms with Gasteiger partial charge in [-0.3, -0.25) is 9.59 Å². The summed E-state index contributed by atoms with van der Waals surface area (Å²) in [6.45, 7) is 7.02. The summed E-state index contributed by atoms with van der Waals surface area (Å²) in [5.41, 5.74) is 2.62. The zero-order valence-corrected chi connectivity index (χ0v) is 13.7. The molecule has 0 radical (unpaired) electrons.